The van der Waals surface area contributed by atoms with Gasteiger partial charge in [-0.3, -0.25) is 0 Å². The van der Waals surface area contributed by atoms with E-state index in [0.29, 0.717) is 5.56 Å². The molecule has 0 radical (unpaired) electrons. The second-order valence-electron chi connectivity index (χ2n) is 4.64. The molecule has 1 atom stereocenters. The third kappa shape index (κ3) is 1.72. The highest BCUT2D eigenvalue weighted by Crippen LogP contribution is 2.39. The minimum absolute atomic E-state index is 0.381. The van der Waals surface area contributed by atoms with E-state index in [4.69, 9.17) is 0 Å². The molecular formula is C15H11O3S-. The van der Waals surface area contributed by atoms with Gasteiger partial charge in [0.1, 0.15) is 5.60 Å². The molecule has 19 heavy (non-hydrogen) atoms. The number of hydrogen-bond acceptors (Lipinski definition) is 4. The molecule has 0 fully saturated rings. The fourth-order valence-electron chi connectivity index (χ4n) is 2.24. The summed E-state index contributed by atoms with van der Waals surface area (Å²) in [5.74, 6) is -1.49. The van der Waals surface area contributed by atoms with Gasteiger partial charge in [0.2, 0.25) is 0 Å². The van der Waals surface area contributed by atoms with E-state index in [0.717, 1.165) is 20.2 Å². The highest BCUT2D eigenvalue weighted by Gasteiger charge is 2.27. The summed E-state index contributed by atoms with van der Waals surface area (Å²) in [7, 11) is 0. The second-order valence-corrected chi connectivity index (χ2v) is 5.69. The van der Waals surface area contributed by atoms with Gasteiger partial charge in [-0.25, -0.2) is 0 Å². The van der Waals surface area contributed by atoms with Gasteiger partial charge >= 0.3 is 0 Å². The standard InChI is InChI=1S/C15H12O3S/c1-15(18,14(16)17)11-7-4-6-10-9-5-2-3-8-12(9)19-13(10)11/h2-8,18H,1H3,(H,16,17)/p-1. The quantitative estimate of drug-likeness (QED) is 0.775. The van der Waals surface area contributed by atoms with Crippen LogP contribution in [0.25, 0.3) is 20.2 Å². The number of carbonyl (C=O) groups excluding carboxylic acids is 1. The molecule has 1 aromatic heterocycles. The largest absolute Gasteiger partial charge is 0.547 e. The van der Waals surface area contributed by atoms with Crippen LogP contribution in [-0.2, 0) is 10.4 Å². The minimum Gasteiger partial charge on any atom is -0.547 e. The second kappa shape index (κ2) is 4.05. The first-order chi connectivity index (χ1) is 9.01. The Morgan fingerprint density at radius 3 is 2.58 bits per heavy atom. The number of carbonyl (C=O) groups is 1. The van der Waals surface area contributed by atoms with Gasteiger partial charge in [-0.1, -0.05) is 36.4 Å². The Balaban J connectivity index is 2.42. The van der Waals surface area contributed by atoms with E-state index in [-0.39, 0.29) is 0 Å². The number of aliphatic carboxylic acids is 1. The van der Waals surface area contributed by atoms with Crippen LogP contribution >= 0.6 is 11.3 Å². The van der Waals surface area contributed by atoms with E-state index in [1.165, 1.54) is 18.3 Å². The van der Waals surface area contributed by atoms with Gasteiger partial charge in [0.05, 0.1) is 5.97 Å². The summed E-state index contributed by atoms with van der Waals surface area (Å²) < 4.78 is 1.86. The molecule has 1 unspecified atom stereocenters. The van der Waals surface area contributed by atoms with Crippen molar-refractivity contribution in [3.8, 4) is 0 Å². The lowest BCUT2D eigenvalue weighted by Crippen LogP contribution is -2.43. The lowest BCUT2D eigenvalue weighted by molar-refractivity contribution is -0.324. The van der Waals surface area contributed by atoms with Crippen molar-refractivity contribution in [2.24, 2.45) is 0 Å². The van der Waals surface area contributed by atoms with Crippen LogP contribution in [-0.4, -0.2) is 11.1 Å². The lowest BCUT2D eigenvalue weighted by atomic mass is 9.94. The van der Waals surface area contributed by atoms with Crippen molar-refractivity contribution in [2.75, 3.05) is 0 Å². The molecule has 1 N–H and O–H groups in total. The van der Waals surface area contributed by atoms with Crippen LogP contribution in [0.4, 0.5) is 0 Å². The van der Waals surface area contributed by atoms with Crippen LogP contribution in [0.5, 0.6) is 0 Å². The van der Waals surface area contributed by atoms with Crippen molar-refractivity contribution < 1.29 is 15.0 Å². The van der Waals surface area contributed by atoms with Gasteiger partial charge < -0.3 is 15.0 Å². The molecule has 3 rings (SSSR count). The third-order valence-corrected chi connectivity index (χ3v) is 4.55. The molecule has 96 valence electrons. The Labute approximate surface area is 113 Å². The van der Waals surface area contributed by atoms with Crippen molar-refractivity contribution in [3.63, 3.8) is 0 Å². The Bertz CT molecular complexity index is 786. The minimum atomic E-state index is -1.99. The molecule has 0 saturated carbocycles. The lowest BCUT2D eigenvalue weighted by Gasteiger charge is -2.25. The van der Waals surface area contributed by atoms with Gasteiger partial charge in [-0.2, -0.15) is 0 Å². The number of fused-ring (bicyclic) bond motifs is 3. The van der Waals surface area contributed by atoms with Crippen LogP contribution in [0.1, 0.15) is 12.5 Å². The summed E-state index contributed by atoms with van der Waals surface area (Å²) in [6.07, 6.45) is 0. The Morgan fingerprint density at radius 2 is 1.84 bits per heavy atom. The zero-order valence-electron chi connectivity index (χ0n) is 10.2. The molecule has 0 bridgehead atoms. The summed E-state index contributed by atoms with van der Waals surface area (Å²) in [4.78, 5) is 11.1. The maximum absolute atomic E-state index is 11.1. The van der Waals surface area contributed by atoms with Crippen molar-refractivity contribution in [3.05, 3.63) is 48.0 Å². The smallest absolute Gasteiger partial charge is 0.127 e. The number of thiophene rings is 1. The Hall–Kier alpha value is -1.91. The average Bonchev–Trinajstić information content (AvgIpc) is 2.76. The molecule has 3 nitrogen and oxygen atoms in total. The van der Waals surface area contributed by atoms with E-state index in [1.807, 2.05) is 30.3 Å². The Kier molecular flexibility index (Phi) is 2.59. The number of carboxylic acids is 1. The SMILES string of the molecule is CC(O)(C(=O)[O-])c1cccc2c1sc1ccccc12. The predicted molar refractivity (Wildman–Crippen MR) is 73.9 cm³/mol. The average molecular weight is 271 g/mol. The molecule has 4 heteroatoms. The predicted octanol–water partition coefficient (Wildman–Crippen LogP) is 2.01. The van der Waals surface area contributed by atoms with E-state index in [2.05, 4.69) is 0 Å². The highest BCUT2D eigenvalue weighted by molar-refractivity contribution is 7.26. The van der Waals surface area contributed by atoms with E-state index in [1.54, 1.807) is 12.1 Å². The van der Waals surface area contributed by atoms with Crippen LogP contribution in [0.3, 0.4) is 0 Å². The molecule has 3 aromatic rings. The molecule has 0 aliphatic rings. The van der Waals surface area contributed by atoms with Crippen LogP contribution in [0.15, 0.2) is 42.5 Å². The zero-order valence-corrected chi connectivity index (χ0v) is 11.0. The molecule has 1 heterocycles. The summed E-state index contributed by atoms with van der Waals surface area (Å²) in [6, 6.07) is 13.2. The van der Waals surface area contributed by atoms with Gasteiger partial charge in [0, 0.05) is 25.7 Å². The fraction of sp³-hybridized carbons (Fsp3) is 0.133. The summed E-state index contributed by atoms with van der Waals surface area (Å²) in [5, 5.41) is 23.3. The summed E-state index contributed by atoms with van der Waals surface area (Å²) in [6.45, 7) is 1.25. The third-order valence-electron chi connectivity index (χ3n) is 3.33. The number of carboxylic acid groups (broad SMARTS) is 1. The van der Waals surface area contributed by atoms with Gasteiger partial charge in [0.15, 0.2) is 0 Å². The highest BCUT2D eigenvalue weighted by atomic mass is 32.1. The molecule has 0 amide bonds. The maximum Gasteiger partial charge on any atom is 0.127 e. The van der Waals surface area contributed by atoms with E-state index < -0.39 is 11.6 Å². The first-order valence-electron chi connectivity index (χ1n) is 5.86. The number of hydrogen-bond donors (Lipinski definition) is 1. The number of aliphatic hydroxyl groups is 1. The fourth-order valence-corrected chi connectivity index (χ4v) is 3.56. The van der Waals surface area contributed by atoms with Crippen LogP contribution in [0, 0.1) is 0 Å². The van der Waals surface area contributed by atoms with Gasteiger partial charge in [-0.15, -0.1) is 11.3 Å². The van der Waals surface area contributed by atoms with E-state index >= 15 is 0 Å². The topological polar surface area (TPSA) is 60.4 Å². The summed E-state index contributed by atoms with van der Waals surface area (Å²) in [5.41, 5.74) is -1.60. The maximum atomic E-state index is 11.1. The first-order valence-corrected chi connectivity index (χ1v) is 6.68. The molecule has 0 aliphatic carbocycles. The first kappa shape index (κ1) is 12.1. The number of rotatable bonds is 2. The molecule has 2 aromatic carbocycles. The van der Waals surface area contributed by atoms with Gasteiger partial charge in [-0.05, 0) is 13.0 Å². The van der Waals surface area contributed by atoms with Crippen LogP contribution < -0.4 is 5.11 Å². The number of benzene rings is 2. The zero-order chi connectivity index (χ0) is 13.6. The molecular weight excluding hydrogens is 260 g/mol. The van der Waals surface area contributed by atoms with Gasteiger partial charge in [0.25, 0.3) is 0 Å². The molecule has 0 aliphatic heterocycles. The molecule has 0 saturated heterocycles. The summed E-state index contributed by atoms with van der Waals surface area (Å²) >= 11 is 1.48. The van der Waals surface area contributed by atoms with Crippen molar-refractivity contribution >= 4 is 37.5 Å². The normalized spacial score (nSPS) is 14.6. The van der Waals surface area contributed by atoms with Crippen molar-refractivity contribution in [1.82, 2.24) is 0 Å². The monoisotopic (exact) mass is 271 g/mol. The van der Waals surface area contributed by atoms with Crippen molar-refractivity contribution in [1.29, 1.82) is 0 Å². The van der Waals surface area contributed by atoms with E-state index in [9.17, 15) is 15.0 Å². The van der Waals surface area contributed by atoms with Crippen LogP contribution in [0.2, 0.25) is 0 Å². The van der Waals surface area contributed by atoms with Crippen molar-refractivity contribution in [2.45, 2.75) is 12.5 Å². The Morgan fingerprint density at radius 1 is 1.16 bits per heavy atom. The molecule has 0 spiro atoms.